The average Bonchev–Trinajstić information content (AvgIpc) is 3.60. The summed E-state index contributed by atoms with van der Waals surface area (Å²) in [5, 5.41) is 0.621. The van der Waals surface area contributed by atoms with Gasteiger partial charge in [-0.15, -0.1) is 0 Å². The Balaban J connectivity index is 1.34. The molecule has 34 heavy (non-hydrogen) atoms. The number of rotatable bonds is 5. The van der Waals surface area contributed by atoms with Crippen LogP contribution in [0.25, 0.3) is 0 Å². The molecule has 2 amide bonds. The third-order valence-corrected chi connectivity index (χ3v) is 8.78. The maximum Gasteiger partial charge on any atom is 0.335 e. The lowest BCUT2D eigenvalue weighted by molar-refractivity contribution is -0.153. The summed E-state index contributed by atoms with van der Waals surface area (Å²) in [5.41, 5.74) is 2.46. The minimum absolute atomic E-state index is 0.108. The first-order valence-corrected chi connectivity index (χ1v) is 12.3. The van der Waals surface area contributed by atoms with Gasteiger partial charge >= 0.3 is 5.97 Å². The van der Waals surface area contributed by atoms with E-state index in [4.69, 9.17) is 16.3 Å². The summed E-state index contributed by atoms with van der Waals surface area (Å²) in [7, 11) is 0. The second-order valence-electron chi connectivity index (χ2n) is 10.2. The van der Waals surface area contributed by atoms with Gasteiger partial charge in [0.2, 0.25) is 11.8 Å². The predicted octanol–water partition coefficient (Wildman–Crippen LogP) is 4.53. The summed E-state index contributed by atoms with van der Waals surface area (Å²) in [5.74, 6) is -0.151. The van der Waals surface area contributed by atoms with Gasteiger partial charge in [-0.1, -0.05) is 54.1 Å². The van der Waals surface area contributed by atoms with Gasteiger partial charge in [0.25, 0.3) is 0 Å². The fourth-order valence-corrected chi connectivity index (χ4v) is 6.66. The van der Waals surface area contributed by atoms with Gasteiger partial charge in [-0.25, -0.2) is 4.79 Å². The number of carbonyl (C=O) groups is 3. The Labute approximate surface area is 203 Å². The number of nitrogens with zero attached hydrogens (tertiary/aromatic N) is 1. The lowest BCUT2D eigenvalue weighted by Gasteiger charge is -2.37. The van der Waals surface area contributed by atoms with E-state index in [-0.39, 0.29) is 41.9 Å². The highest BCUT2D eigenvalue weighted by Crippen LogP contribution is 2.65. The number of imide groups is 1. The van der Waals surface area contributed by atoms with E-state index >= 15 is 0 Å². The number of halogens is 1. The van der Waals surface area contributed by atoms with E-state index in [2.05, 4.69) is 12.2 Å². The molecule has 0 N–H and O–H groups in total. The van der Waals surface area contributed by atoms with Crippen molar-refractivity contribution >= 4 is 29.4 Å². The Hall–Kier alpha value is -2.92. The Bertz CT molecular complexity index is 1180. The number of likely N-dealkylation sites (tertiary alicyclic amines) is 1. The number of amides is 2. The molecule has 7 atom stereocenters. The molecule has 0 unspecified atom stereocenters. The molecule has 4 aliphatic carbocycles. The van der Waals surface area contributed by atoms with Crippen molar-refractivity contribution in [2.75, 3.05) is 0 Å². The van der Waals surface area contributed by atoms with Gasteiger partial charge in [0, 0.05) is 11.4 Å². The maximum absolute atomic E-state index is 13.7. The SMILES string of the molecule is Cc1cc(OC(=O)[C@H](Cc2ccccc2)N2C(=O)[C@@H]3[C@H]4C=C[C@@H]([C@@H]5C[C@H]45)[C@@H]3C2=O)cc(C)c1Cl. The average molecular weight is 476 g/mol. The zero-order chi connectivity index (χ0) is 23.7. The molecule has 6 heteroatoms. The summed E-state index contributed by atoms with van der Waals surface area (Å²) in [6.07, 6.45) is 5.59. The van der Waals surface area contributed by atoms with E-state index in [0.29, 0.717) is 22.6 Å². The van der Waals surface area contributed by atoms with Crippen molar-refractivity contribution in [2.45, 2.75) is 32.7 Å². The topological polar surface area (TPSA) is 63.7 Å². The molecule has 0 radical (unpaired) electrons. The van der Waals surface area contributed by atoms with Gasteiger partial charge in [0.15, 0.2) is 0 Å². The number of benzene rings is 2. The molecule has 0 spiro atoms. The summed E-state index contributed by atoms with van der Waals surface area (Å²) in [4.78, 5) is 42.2. The number of aryl methyl sites for hydroxylation is 2. The van der Waals surface area contributed by atoms with Crippen molar-refractivity contribution in [3.05, 3.63) is 76.3 Å². The molecule has 2 bridgehead atoms. The smallest absolute Gasteiger partial charge is 0.335 e. The van der Waals surface area contributed by atoms with Crippen LogP contribution in [0.4, 0.5) is 0 Å². The second-order valence-corrected chi connectivity index (χ2v) is 10.6. The molecule has 5 aliphatic rings. The van der Waals surface area contributed by atoms with Gasteiger partial charge in [-0.3, -0.25) is 14.5 Å². The quantitative estimate of drug-likeness (QED) is 0.276. The first kappa shape index (κ1) is 21.6. The van der Waals surface area contributed by atoms with E-state index in [0.717, 1.165) is 23.1 Å². The van der Waals surface area contributed by atoms with Crippen LogP contribution in [0.3, 0.4) is 0 Å². The Morgan fingerprint density at radius 3 is 2.12 bits per heavy atom. The zero-order valence-electron chi connectivity index (χ0n) is 19.1. The standard InChI is InChI=1S/C28H26ClNO4/c1-14-10-17(11-15(2)25(14)29)34-28(33)22(12-16-6-4-3-5-7-16)30-26(31)23-18-8-9-19(21-13-20(18)21)24(23)27(30)32/h3-11,18-24H,12-13H2,1-2H3/t18-,19-,20-,21+,22-,23-,24+/m0/s1. The third kappa shape index (κ3) is 3.24. The normalized spacial score (nSPS) is 31.3. The first-order chi connectivity index (χ1) is 16.3. The van der Waals surface area contributed by atoms with Crippen molar-refractivity contribution in [1.82, 2.24) is 4.90 Å². The molecular formula is C28H26ClNO4. The van der Waals surface area contributed by atoms with Crippen LogP contribution >= 0.6 is 11.6 Å². The van der Waals surface area contributed by atoms with Crippen LogP contribution in [-0.4, -0.2) is 28.7 Å². The third-order valence-electron chi connectivity index (χ3n) is 8.18. The van der Waals surface area contributed by atoms with Crippen LogP contribution in [0.1, 0.15) is 23.1 Å². The van der Waals surface area contributed by atoms with Gasteiger partial charge < -0.3 is 4.74 Å². The fraction of sp³-hybridized carbons (Fsp3) is 0.393. The summed E-state index contributed by atoms with van der Waals surface area (Å²) in [6, 6.07) is 11.9. The van der Waals surface area contributed by atoms with Crippen LogP contribution < -0.4 is 4.74 Å². The molecular weight excluding hydrogens is 450 g/mol. The fourth-order valence-electron chi connectivity index (χ4n) is 6.55. The number of allylic oxidation sites excluding steroid dienone is 2. The summed E-state index contributed by atoms with van der Waals surface area (Å²) < 4.78 is 5.77. The molecule has 2 aromatic rings. The molecule has 1 saturated heterocycles. The molecule has 2 aromatic carbocycles. The Morgan fingerprint density at radius 1 is 1.00 bits per heavy atom. The highest BCUT2D eigenvalue weighted by atomic mass is 35.5. The van der Waals surface area contributed by atoms with Crippen LogP contribution in [-0.2, 0) is 20.8 Å². The maximum atomic E-state index is 13.7. The van der Waals surface area contributed by atoms with Crippen LogP contribution in [0.2, 0.25) is 5.02 Å². The van der Waals surface area contributed by atoms with Gasteiger partial charge in [-0.05, 0) is 72.8 Å². The number of carbonyl (C=O) groups excluding carboxylic acids is 3. The molecule has 7 rings (SSSR count). The molecule has 0 aromatic heterocycles. The van der Waals surface area contributed by atoms with Gasteiger partial charge in [0.05, 0.1) is 11.8 Å². The number of ether oxygens (including phenoxy) is 1. The van der Waals surface area contributed by atoms with Crippen molar-refractivity contribution in [2.24, 2.45) is 35.5 Å². The number of hydrogen-bond donors (Lipinski definition) is 0. The lowest BCUT2D eigenvalue weighted by Crippen LogP contribution is -2.48. The predicted molar refractivity (Wildman–Crippen MR) is 127 cm³/mol. The number of hydrogen-bond acceptors (Lipinski definition) is 4. The van der Waals surface area contributed by atoms with E-state index in [9.17, 15) is 14.4 Å². The molecule has 3 fully saturated rings. The van der Waals surface area contributed by atoms with Crippen molar-refractivity contribution in [3.8, 4) is 5.75 Å². The Morgan fingerprint density at radius 2 is 1.56 bits per heavy atom. The van der Waals surface area contributed by atoms with Crippen molar-refractivity contribution in [1.29, 1.82) is 0 Å². The largest absolute Gasteiger partial charge is 0.425 e. The molecule has 1 heterocycles. The number of esters is 1. The van der Waals surface area contributed by atoms with Gasteiger partial charge in [-0.2, -0.15) is 0 Å². The highest BCUT2D eigenvalue weighted by Gasteiger charge is 2.68. The molecule has 2 saturated carbocycles. The van der Waals surface area contributed by atoms with Crippen LogP contribution in [0.5, 0.6) is 5.75 Å². The monoisotopic (exact) mass is 475 g/mol. The first-order valence-electron chi connectivity index (χ1n) is 11.9. The van der Waals surface area contributed by atoms with E-state index in [1.54, 1.807) is 12.1 Å². The Kier molecular flexibility index (Phi) is 4.96. The van der Waals surface area contributed by atoms with Crippen molar-refractivity contribution < 1.29 is 19.1 Å². The van der Waals surface area contributed by atoms with Crippen molar-refractivity contribution in [3.63, 3.8) is 0 Å². The lowest BCUT2D eigenvalue weighted by atomic mass is 9.63. The van der Waals surface area contributed by atoms with E-state index in [1.807, 2.05) is 44.2 Å². The van der Waals surface area contributed by atoms with Crippen LogP contribution in [0, 0.1) is 49.4 Å². The van der Waals surface area contributed by atoms with E-state index < -0.39 is 12.0 Å². The van der Waals surface area contributed by atoms with Crippen LogP contribution in [0.15, 0.2) is 54.6 Å². The molecule has 5 nitrogen and oxygen atoms in total. The van der Waals surface area contributed by atoms with Gasteiger partial charge in [0.1, 0.15) is 11.8 Å². The zero-order valence-corrected chi connectivity index (χ0v) is 19.9. The minimum Gasteiger partial charge on any atom is -0.425 e. The summed E-state index contributed by atoms with van der Waals surface area (Å²) >= 11 is 6.27. The molecule has 174 valence electrons. The van der Waals surface area contributed by atoms with E-state index in [1.165, 1.54) is 4.90 Å². The minimum atomic E-state index is -1.01. The highest BCUT2D eigenvalue weighted by molar-refractivity contribution is 6.32. The summed E-state index contributed by atoms with van der Waals surface area (Å²) in [6.45, 7) is 3.70. The molecule has 1 aliphatic heterocycles. The second kappa shape index (κ2) is 7.81.